The van der Waals surface area contributed by atoms with Crippen LogP contribution in [0.4, 0.5) is 5.69 Å². The van der Waals surface area contributed by atoms with E-state index in [-0.39, 0.29) is 31.1 Å². The third kappa shape index (κ3) is 3.51. The molecule has 8 nitrogen and oxygen atoms in total. The van der Waals surface area contributed by atoms with Crippen molar-refractivity contribution in [3.05, 3.63) is 28.7 Å². The molecule has 0 saturated carbocycles. The highest BCUT2D eigenvalue weighted by molar-refractivity contribution is 9.10. The van der Waals surface area contributed by atoms with E-state index in [9.17, 15) is 19.2 Å². The highest BCUT2D eigenvalue weighted by atomic mass is 79.9. The molecular formula is C18H18BrN3O5. The number of ether oxygens (including phenoxy) is 1. The van der Waals surface area contributed by atoms with Gasteiger partial charge in [-0.1, -0.05) is 15.9 Å². The van der Waals surface area contributed by atoms with E-state index in [1.807, 2.05) is 0 Å². The van der Waals surface area contributed by atoms with Crippen molar-refractivity contribution in [2.24, 2.45) is 11.0 Å². The van der Waals surface area contributed by atoms with Crippen LogP contribution < -0.4 is 4.90 Å². The molecule has 9 heteroatoms. The van der Waals surface area contributed by atoms with Gasteiger partial charge in [0.15, 0.2) is 5.71 Å². The molecule has 1 saturated heterocycles. The Labute approximate surface area is 164 Å². The Morgan fingerprint density at radius 1 is 1.19 bits per heavy atom. The van der Waals surface area contributed by atoms with Gasteiger partial charge < -0.3 is 4.74 Å². The van der Waals surface area contributed by atoms with Gasteiger partial charge in [-0.05, 0) is 38.1 Å². The number of carbonyl (C=O) groups is 4. The third-order valence-electron chi connectivity index (χ3n) is 4.39. The number of amides is 2. The molecule has 3 rings (SSSR count). The zero-order valence-electron chi connectivity index (χ0n) is 14.8. The lowest BCUT2D eigenvalue weighted by Gasteiger charge is -2.21. The molecule has 27 heavy (non-hydrogen) atoms. The van der Waals surface area contributed by atoms with E-state index in [4.69, 9.17) is 4.74 Å². The van der Waals surface area contributed by atoms with Crippen LogP contribution in [0.1, 0.15) is 20.3 Å². The number of benzene rings is 1. The van der Waals surface area contributed by atoms with Crippen molar-refractivity contribution in [3.8, 4) is 0 Å². The van der Waals surface area contributed by atoms with Crippen LogP contribution in [-0.4, -0.2) is 53.5 Å². The monoisotopic (exact) mass is 435 g/mol. The maximum absolute atomic E-state index is 13.0. The Morgan fingerprint density at radius 3 is 2.44 bits per heavy atom. The second kappa shape index (κ2) is 7.59. The summed E-state index contributed by atoms with van der Waals surface area (Å²) in [5, 5.41) is 5.51. The van der Waals surface area contributed by atoms with Crippen molar-refractivity contribution in [3.63, 3.8) is 0 Å². The lowest BCUT2D eigenvalue weighted by molar-refractivity contribution is -0.136. The highest BCUT2D eigenvalue weighted by Crippen LogP contribution is 2.35. The van der Waals surface area contributed by atoms with Gasteiger partial charge in [0.05, 0.1) is 12.3 Å². The SMILES string of the molecule is CCOC(=O)C1=NN(CCC(C)=O)[C@@H]2C(=O)N(c3ccc(Br)cc3)C(=O)[C@@H]12. The lowest BCUT2D eigenvalue weighted by atomic mass is 9.98. The number of fused-ring (bicyclic) bond motifs is 1. The number of imide groups is 1. The van der Waals surface area contributed by atoms with Crippen LogP contribution in [0.5, 0.6) is 0 Å². The summed E-state index contributed by atoms with van der Waals surface area (Å²) in [6.07, 6.45) is 0.155. The molecule has 1 fully saturated rings. The molecule has 0 bridgehead atoms. The smallest absolute Gasteiger partial charge is 0.355 e. The van der Waals surface area contributed by atoms with Gasteiger partial charge in [-0.15, -0.1) is 0 Å². The number of rotatable bonds is 6. The molecule has 0 N–H and O–H groups in total. The predicted octanol–water partition coefficient (Wildman–Crippen LogP) is 1.52. The van der Waals surface area contributed by atoms with Crippen molar-refractivity contribution < 1.29 is 23.9 Å². The topological polar surface area (TPSA) is 96.3 Å². The summed E-state index contributed by atoms with van der Waals surface area (Å²) in [5.41, 5.74) is 0.320. The number of nitrogens with zero attached hydrogens (tertiary/aromatic N) is 3. The maximum atomic E-state index is 13.0. The average molecular weight is 436 g/mol. The molecule has 2 aliphatic rings. The molecule has 142 valence electrons. The number of Topliss-reactive ketones (excluding diaryl/α,β-unsaturated/α-hetero) is 1. The van der Waals surface area contributed by atoms with Crippen LogP contribution in [0.25, 0.3) is 0 Å². The summed E-state index contributed by atoms with van der Waals surface area (Å²) in [6, 6.07) is 5.78. The fraction of sp³-hybridized carbons (Fsp3) is 0.389. The van der Waals surface area contributed by atoms with Crippen molar-refractivity contribution in [2.45, 2.75) is 26.3 Å². The molecule has 2 atom stereocenters. The molecule has 0 unspecified atom stereocenters. The van der Waals surface area contributed by atoms with Crippen LogP contribution in [0.3, 0.4) is 0 Å². The van der Waals surface area contributed by atoms with Crippen molar-refractivity contribution in [1.82, 2.24) is 5.01 Å². The Bertz CT molecular complexity index is 836. The second-order valence-corrected chi connectivity index (χ2v) is 7.15. The molecular weight excluding hydrogens is 418 g/mol. The number of halogens is 1. The summed E-state index contributed by atoms with van der Waals surface area (Å²) in [4.78, 5) is 50.7. The third-order valence-corrected chi connectivity index (χ3v) is 4.92. The molecule has 1 aromatic rings. The zero-order chi connectivity index (χ0) is 19.7. The Hall–Kier alpha value is -2.55. The van der Waals surface area contributed by atoms with Gasteiger partial charge in [0, 0.05) is 17.4 Å². The van der Waals surface area contributed by atoms with Crippen LogP contribution in [-0.2, 0) is 23.9 Å². The first-order valence-corrected chi connectivity index (χ1v) is 9.29. The lowest BCUT2D eigenvalue weighted by Crippen LogP contribution is -2.39. The van der Waals surface area contributed by atoms with Gasteiger partial charge in [-0.25, -0.2) is 9.69 Å². The van der Waals surface area contributed by atoms with Crippen LogP contribution in [0.2, 0.25) is 0 Å². The Morgan fingerprint density at radius 2 is 1.85 bits per heavy atom. The highest BCUT2D eigenvalue weighted by Gasteiger charge is 2.58. The van der Waals surface area contributed by atoms with E-state index in [0.717, 1.165) is 9.37 Å². The van der Waals surface area contributed by atoms with Gasteiger partial charge in [0.2, 0.25) is 5.91 Å². The number of ketones is 1. The van der Waals surface area contributed by atoms with Gasteiger partial charge in [-0.3, -0.25) is 19.4 Å². The zero-order valence-corrected chi connectivity index (χ0v) is 16.4. The van der Waals surface area contributed by atoms with Gasteiger partial charge in [0.1, 0.15) is 17.7 Å². The molecule has 2 aliphatic heterocycles. The molecule has 1 aromatic carbocycles. The normalized spacial score (nSPS) is 21.4. The largest absolute Gasteiger partial charge is 0.461 e. The fourth-order valence-corrected chi connectivity index (χ4v) is 3.43. The summed E-state index contributed by atoms with van der Waals surface area (Å²) in [7, 11) is 0. The molecule has 0 aromatic heterocycles. The van der Waals surface area contributed by atoms with E-state index < -0.39 is 29.7 Å². The van der Waals surface area contributed by atoms with Gasteiger partial charge in [-0.2, -0.15) is 5.10 Å². The number of hydrogen-bond donors (Lipinski definition) is 0. The number of anilines is 1. The minimum absolute atomic E-state index is 0.0760. The number of hydrogen-bond acceptors (Lipinski definition) is 7. The first kappa shape index (κ1) is 19.2. The van der Waals surface area contributed by atoms with E-state index >= 15 is 0 Å². The van der Waals surface area contributed by atoms with Crippen LogP contribution in [0, 0.1) is 5.92 Å². The van der Waals surface area contributed by atoms with Crippen molar-refractivity contribution >= 4 is 50.9 Å². The van der Waals surface area contributed by atoms with E-state index in [1.54, 1.807) is 31.2 Å². The molecule has 0 spiro atoms. The summed E-state index contributed by atoms with van der Waals surface area (Å²) < 4.78 is 5.80. The van der Waals surface area contributed by atoms with E-state index in [1.165, 1.54) is 11.9 Å². The quantitative estimate of drug-likeness (QED) is 0.496. The minimum atomic E-state index is -1.04. The van der Waals surface area contributed by atoms with Crippen LogP contribution in [0.15, 0.2) is 33.8 Å². The van der Waals surface area contributed by atoms with Crippen LogP contribution >= 0.6 is 15.9 Å². The standard InChI is InChI=1S/C18H18BrN3O5/c1-3-27-18(26)14-13-15(21(20-14)9-8-10(2)23)17(25)22(16(13)24)12-6-4-11(19)5-7-12/h4-7,13,15H,3,8-9H2,1-2H3/t13-,15-/m0/s1. The fourth-order valence-electron chi connectivity index (χ4n) is 3.16. The van der Waals surface area contributed by atoms with E-state index in [0.29, 0.717) is 5.69 Å². The molecule has 2 heterocycles. The summed E-state index contributed by atoms with van der Waals surface area (Å²) >= 11 is 3.31. The first-order valence-electron chi connectivity index (χ1n) is 8.50. The molecule has 2 amide bonds. The number of carbonyl (C=O) groups excluding carboxylic acids is 4. The maximum Gasteiger partial charge on any atom is 0.355 e. The van der Waals surface area contributed by atoms with Gasteiger partial charge in [0.25, 0.3) is 5.91 Å². The number of hydrazone groups is 1. The average Bonchev–Trinajstić information content (AvgIpc) is 3.12. The first-order chi connectivity index (χ1) is 12.8. The summed E-state index contributed by atoms with van der Waals surface area (Å²) in [5.74, 6) is -2.83. The summed E-state index contributed by atoms with van der Waals surface area (Å²) in [6.45, 7) is 3.35. The number of esters is 1. The molecule has 0 radical (unpaired) electrons. The van der Waals surface area contributed by atoms with Crippen molar-refractivity contribution in [1.29, 1.82) is 0 Å². The Kier molecular flexibility index (Phi) is 5.41. The van der Waals surface area contributed by atoms with Gasteiger partial charge >= 0.3 is 5.97 Å². The van der Waals surface area contributed by atoms with E-state index in [2.05, 4.69) is 21.0 Å². The van der Waals surface area contributed by atoms with Crippen molar-refractivity contribution in [2.75, 3.05) is 18.1 Å². The predicted molar refractivity (Wildman–Crippen MR) is 100.0 cm³/mol. The second-order valence-electron chi connectivity index (χ2n) is 6.23. The minimum Gasteiger partial charge on any atom is -0.461 e. The Balaban J connectivity index is 1.96. The molecule has 0 aliphatic carbocycles.